The molecule has 0 spiro atoms. The molecule has 0 atom stereocenters. The van der Waals surface area contributed by atoms with Crippen LogP contribution < -0.4 is 9.62 Å². The van der Waals surface area contributed by atoms with E-state index in [1.807, 2.05) is 55.5 Å². The van der Waals surface area contributed by atoms with Crippen molar-refractivity contribution in [1.82, 2.24) is 0 Å². The predicted octanol–water partition coefficient (Wildman–Crippen LogP) is 4.82. The lowest BCUT2D eigenvalue weighted by Crippen LogP contribution is -2.29. The van der Waals surface area contributed by atoms with E-state index in [-0.39, 0.29) is 12.5 Å². The van der Waals surface area contributed by atoms with Gasteiger partial charge >= 0.3 is 0 Å². The summed E-state index contributed by atoms with van der Waals surface area (Å²) in [6.07, 6.45) is 1.18. The molecule has 0 aliphatic rings. The molecule has 3 rings (SSSR count). The molecule has 0 fully saturated rings. The van der Waals surface area contributed by atoms with Gasteiger partial charge in [0.05, 0.1) is 18.5 Å². The van der Waals surface area contributed by atoms with Gasteiger partial charge in [0, 0.05) is 14.8 Å². The maximum Gasteiger partial charge on any atom is 0.255 e. The first-order chi connectivity index (χ1) is 13.7. The maximum absolute atomic E-state index is 12.5. The highest BCUT2D eigenvalue weighted by molar-refractivity contribution is 14.1. The Morgan fingerprint density at radius 3 is 2.17 bits per heavy atom. The zero-order valence-corrected chi connectivity index (χ0v) is 19.1. The Morgan fingerprint density at radius 1 is 0.966 bits per heavy atom. The molecule has 1 amide bonds. The van der Waals surface area contributed by atoms with Gasteiger partial charge in [-0.1, -0.05) is 24.3 Å². The van der Waals surface area contributed by atoms with Crippen molar-refractivity contribution in [3.05, 3.63) is 93.1 Å². The third-order valence-electron chi connectivity index (χ3n) is 4.50. The molecule has 0 aliphatic carbocycles. The topological polar surface area (TPSA) is 66.5 Å². The number of amides is 1. The molecule has 1 N–H and O–H groups in total. The molecule has 29 heavy (non-hydrogen) atoms. The number of benzene rings is 3. The van der Waals surface area contributed by atoms with Crippen LogP contribution in [0, 0.1) is 10.5 Å². The minimum atomic E-state index is -3.49. The Labute approximate surface area is 184 Å². The van der Waals surface area contributed by atoms with E-state index in [4.69, 9.17) is 0 Å². The second-order valence-electron chi connectivity index (χ2n) is 6.70. The Bertz CT molecular complexity index is 1110. The summed E-state index contributed by atoms with van der Waals surface area (Å²) in [6.45, 7) is 2.19. The summed E-state index contributed by atoms with van der Waals surface area (Å²) in [5, 5.41) is 2.84. The molecule has 0 unspecified atom stereocenters. The summed E-state index contributed by atoms with van der Waals surface area (Å²) >= 11 is 2.20. The van der Waals surface area contributed by atoms with Gasteiger partial charge in [-0.25, -0.2) is 8.42 Å². The average Bonchev–Trinajstić information content (AvgIpc) is 2.68. The number of hydrogen-bond donors (Lipinski definition) is 1. The minimum absolute atomic E-state index is 0.236. The van der Waals surface area contributed by atoms with Gasteiger partial charge in [-0.2, -0.15) is 0 Å². The fourth-order valence-electron chi connectivity index (χ4n) is 2.86. The molecule has 0 saturated heterocycles. The van der Waals surface area contributed by atoms with E-state index in [0.717, 1.165) is 14.7 Å². The van der Waals surface area contributed by atoms with E-state index >= 15 is 0 Å². The van der Waals surface area contributed by atoms with E-state index in [9.17, 15) is 13.2 Å². The van der Waals surface area contributed by atoms with Crippen molar-refractivity contribution in [3.63, 3.8) is 0 Å². The highest BCUT2D eigenvalue weighted by atomic mass is 127. The standard InChI is InChI=1S/C22H21IN2O3S/c1-16-5-3-4-6-18(16)15-25(29(2,27)28)21-13-7-17(8-14-21)22(26)24-20-11-9-19(23)10-12-20/h3-14H,15H2,1-2H3,(H,24,26). The third kappa shape index (κ3) is 5.57. The number of anilines is 2. The number of carbonyl (C=O) groups is 1. The predicted molar refractivity (Wildman–Crippen MR) is 126 cm³/mol. The van der Waals surface area contributed by atoms with Crippen LogP contribution in [0.25, 0.3) is 0 Å². The molecule has 0 radical (unpaired) electrons. The second-order valence-corrected chi connectivity index (χ2v) is 9.86. The fourth-order valence-corrected chi connectivity index (χ4v) is 4.10. The van der Waals surface area contributed by atoms with Crippen LogP contribution in [0.2, 0.25) is 0 Å². The molecule has 150 valence electrons. The molecular weight excluding hydrogens is 499 g/mol. The van der Waals surface area contributed by atoms with Gasteiger partial charge in [0.25, 0.3) is 5.91 Å². The van der Waals surface area contributed by atoms with Crippen molar-refractivity contribution in [3.8, 4) is 0 Å². The summed E-state index contributed by atoms with van der Waals surface area (Å²) in [7, 11) is -3.49. The zero-order chi connectivity index (χ0) is 21.0. The van der Waals surface area contributed by atoms with Gasteiger partial charge in [-0.05, 0) is 89.2 Å². The van der Waals surface area contributed by atoms with Crippen molar-refractivity contribution >= 4 is 49.9 Å². The van der Waals surface area contributed by atoms with E-state index in [0.29, 0.717) is 16.9 Å². The minimum Gasteiger partial charge on any atom is -0.322 e. The van der Waals surface area contributed by atoms with Gasteiger partial charge in [-0.15, -0.1) is 0 Å². The maximum atomic E-state index is 12.5. The Morgan fingerprint density at radius 2 is 1.59 bits per heavy atom. The number of nitrogens with one attached hydrogen (secondary N) is 1. The third-order valence-corrected chi connectivity index (χ3v) is 6.35. The molecule has 5 nitrogen and oxygen atoms in total. The van der Waals surface area contributed by atoms with Crippen LogP contribution in [0.5, 0.6) is 0 Å². The Kier molecular flexibility index (Phi) is 6.59. The summed E-state index contributed by atoms with van der Waals surface area (Å²) in [4.78, 5) is 12.5. The van der Waals surface area contributed by atoms with Crippen molar-refractivity contribution in [2.45, 2.75) is 13.5 Å². The summed E-state index contributed by atoms with van der Waals surface area (Å²) in [5.41, 5.74) is 3.63. The Balaban J connectivity index is 1.81. The zero-order valence-electron chi connectivity index (χ0n) is 16.1. The van der Waals surface area contributed by atoms with Gasteiger partial charge in [0.1, 0.15) is 0 Å². The lowest BCUT2D eigenvalue weighted by Gasteiger charge is -2.23. The van der Waals surface area contributed by atoms with E-state index in [1.54, 1.807) is 24.3 Å². The Hall–Kier alpha value is -2.39. The number of nitrogens with zero attached hydrogens (tertiary/aromatic N) is 1. The van der Waals surface area contributed by atoms with E-state index in [2.05, 4.69) is 27.9 Å². The first-order valence-corrected chi connectivity index (χ1v) is 11.9. The molecule has 0 aliphatic heterocycles. The number of halogens is 1. The van der Waals surface area contributed by atoms with Gasteiger partial charge in [-0.3, -0.25) is 9.10 Å². The van der Waals surface area contributed by atoms with Crippen molar-refractivity contribution in [1.29, 1.82) is 0 Å². The largest absolute Gasteiger partial charge is 0.322 e. The molecule has 0 saturated carbocycles. The summed E-state index contributed by atoms with van der Waals surface area (Å²) in [5.74, 6) is -0.248. The number of aryl methyl sites for hydroxylation is 1. The van der Waals surface area contributed by atoms with E-state index in [1.165, 1.54) is 10.6 Å². The molecule has 3 aromatic carbocycles. The van der Waals surface area contributed by atoms with Gasteiger partial charge in [0.2, 0.25) is 10.0 Å². The molecular formula is C22H21IN2O3S. The normalized spacial score (nSPS) is 11.1. The van der Waals surface area contributed by atoms with Crippen LogP contribution in [0.15, 0.2) is 72.8 Å². The molecule has 3 aromatic rings. The summed E-state index contributed by atoms with van der Waals surface area (Å²) < 4.78 is 27.2. The van der Waals surface area contributed by atoms with Crippen molar-refractivity contribution in [2.24, 2.45) is 0 Å². The molecule has 0 heterocycles. The van der Waals surface area contributed by atoms with Crippen LogP contribution in [-0.2, 0) is 16.6 Å². The SMILES string of the molecule is Cc1ccccc1CN(c1ccc(C(=O)Nc2ccc(I)cc2)cc1)S(C)(=O)=O. The quantitative estimate of drug-likeness (QED) is 0.475. The second kappa shape index (κ2) is 8.96. The van der Waals surface area contributed by atoms with Gasteiger partial charge in [0.15, 0.2) is 0 Å². The summed E-state index contributed by atoms with van der Waals surface area (Å²) in [6, 6.07) is 21.7. The smallest absolute Gasteiger partial charge is 0.255 e. The number of rotatable bonds is 6. The number of hydrogen-bond acceptors (Lipinski definition) is 3. The first-order valence-electron chi connectivity index (χ1n) is 8.93. The monoisotopic (exact) mass is 520 g/mol. The molecule has 0 aromatic heterocycles. The van der Waals surface area contributed by atoms with Crippen LogP contribution in [0.3, 0.4) is 0 Å². The first kappa shape index (κ1) is 21.3. The lowest BCUT2D eigenvalue weighted by atomic mass is 10.1. The lowest BCUT2D eigenvalue weighted by molar-refractivity contribution is 0.102. The highest BCUT2D eigenvalue weighted by Gasteiger charge is 2.19. The highest BCUT2D eigenvalue weighted by Crippen LogP contribution is 2.23. The molecule has 0 bridgehead atoms. The average molecular weight is 520 g/mol. The van der Waals surface area contributed by atoms with Crippen molar-refractivity contribution < 1.29 is 13.2 Å². The fraction of sp³-hybridized carbons (Fsp3) is 0.136. The number of carbonyl (C=O) groups excluding carboxylic acids is 1. The van der Waals surface area contributed by atoms with Crippen LogP contribution in [0.4, 0.5) is 11.4 Å². The van der Waals surface area contributed by atoms with Crippen LogP contribution in [-0.4, -0.2) is 20.6 Å². The van der Waals surface area contributed by atoms with Crippen molar-refractivity contribution in [2.75, 3.05) is 15.9 Å². The number of sulfonamides is 1. The molecule has 7 heteroatoms. The van der Waals surface area contributed by atoms with Crippen LogP contribution in [0.1, 0.15) is 21.5 Å². The van der Waals surface area contributed by atoms with Gasteiger partial charge < -0.3 is 5.32 Å². The van der Waals surface area contributed by atoms with E-state index < -0.39 is 10.0 Å². The van der Waals surface area contributed by atoms with Crippen LogP contribution >= 0.6 is 22.6 Å².